The van der Waals surface area contributed by atoms with Crippen molar-refractivity contribution in [2.24, 2.45) is 0 Å². The Bertz CT molecular complexity index is 396. The fourth-order valence-corrected chi connectivity index (χ4v) is 1.69. The van der Waals surface area contributed by atoms with E-state index in [0.29, 0.717) is 12.5 Å². The Morgan fingerprint density at radius 3 is 3.00 bits per heavy atom. The lowest BCUT2D eigenvalue weighted by molar-refractivity contribution is -0.115. The summed E-state index contributed by atoms with van der Waals surface area (Å²) >= 11 is 0. The Morgan fingerprint density at radius 2 is 2.21 bits per heavy atom. The molecule has 72 valence electrons. The highest BCUT2D eigenvalue weighted by Crippen LogP contribution is 2.36. The molecule has 0 atom stereocenters. The summed E-state index contributed by atoms with van der Waals surface area (Å²) in [5, 5.41) is 2.84. The van der Waals surface area contributed by atoms with E-state index in [2.05, 4.69) is 5.32 Å². The number of fused-ring (bicyclic) bond motifs is 1. The average molecular weight is 189 g/mol. The zero-order valence-corrected chi connectivity index (χ0v) is 7.75. The molecule has 1 aromatic rings. The quantitative estimate of drug-likeness (QED) is 0.769. The fraction of sp³-hybridized carbons (Fsp3) is 0.364. The van der Waals surface area contributed by atoms with Crippen LogP contribution in [0.5, 0.6) is 5.75 Å². The van der Waals surface area contributed by atoms with Crippen LogP contribution in [-0.2, 0) is 11.2 Å². The van der Waals surface area contributed by atoms with Crippen molar-refractivity contribution in [3.8, 4) is 5.75 Å². The van der Waals surface area contributed by atoms with Crippen LogP contribution in [-0.4, -0.2) is 12.0 Å². The third-order valence-corrected chi connectivity index (χ3v) is 2.55. The summed E-state index contributed by atoms with van der Waals surface area (Å²) in [7, 11) is 0. The van der Waals surface area contributed by atoms with Crippen LogP contribution in [0.15, 0.2) is 18.2 Å². The summed E-state index contributed by atoms with van der Waals surface area (Å²) < 4.78 is 5.70. The number of para-hydroxylation sites is 1. The summed E-state index contributed by atoms with van der Waals surface area (Å²) in [5.41, 5.74) is 1.93. The normalized spacial score (nSPS) is 19.0. The van der Waals surface area contributed by atoms with Gasteiger partial charge in [-0.1, -0.05) is 12.1 Å². The van der Waals surface area contributed by atoms with Crippen molar-refractivity contribution in [2.45, 2.75) is 25.4 Å². The van der Waals surface area contributed by atoms with E-state index in [9.17, 15) is 4.79 Å². The number of carbonyl (C=O) groups is 1. The first-order valence-electron chi connectivity index (χ1n) is 4.91. The van der Waals surface area contributed by atoms with Crippen LogP contribution < -0.4 is 10.1 Å². The largest absolute Gasteiger partial charge is 0.488 e. The number of benzene rings is 1. The molecule has 3 nitrogen and oxygen atoms in total. The molecule has 1 aliphatic carbocycles. The second-order valence-electron chi connectivity index (χ2n) is 3.83. The SMILES string of the molecule is O=C1Cc2cccc(OC3CC3)c2N1. The van der Waals surface area contributed by atoms with Crippen molar-refractivity contribution in [2.75, 3.05) is 5.32 Å². The maximum absolute atomic E-state index is 11.2. The lowest BCUT2D eigenvalue weighted by Crippen LogP contribution is -2.05. The van der Waals surface area contributed by atoms with Gasteiger partial charge in [0.2, 0.25) is 5.91 Å². The Hall–Kier alpha value is -1.51. The standard InChI is InChI=1S/C11H11NO2/c13-10-6-7-2-1-3-9(11(7)12-10)14-8-4-5-8/h1-3,8H,4-6H2,(H,12,13). The molecule has 1 aliphatic heterocycles. The number of anilines is 1. The molecule has 3 heteroatoms. The number of rotatable bonds is 2. The van der Waals surface area contributed by atoms with Gasteiger partial charge in [0, 0.05) is 0 Å². The monoisotopic (exact) mass is 189 g/mol. The van der Waals surface area contributed by atoms with E-state index in [0.717, 1.165) is 29.8 Å². The van der Waals surface area contributed by atoms with E-state index in [1.165, 1.54) is 0 Å². The van der Waals surface area contributed by atoms with Gasteiger partial charge in [-0.05, 0) is 24.5 Å². The first kappa shape index (κ1) is 7.85. The van der Waals surface area contributed by atoms with Crippen LogP contribution in [0.25, 0.3) is 0 Å². The Kier molecular flexibility index (Phi) is 1.54. The molecule has 0 unspecified atom stereocenters. The number of hydrogen-bond acceptors (Lipinski definition) is 2. The Labute approximate surface area is 82.1 Å². The lowest BCUT2D eigenvalue weighted by atomic mass is 10.1. The molecule has 1 fully saturated rings. The van der Waals surface area contributed by atoms with Crippen LogP contribution in [0.2, 0.25) is 0 Å². The van der Waals surface area contributed by atoms with Gasteiger partial charge in [0.25, 0.3) is 0 Å². The van der Waals surface area contributed by atoms with Crippen LogP contribution in [0.3, 0.4) is 0 Å². The van der Waals surface area contributed by atoms with Crippen molar-refractivity contribution in [3.05, 3.63) is 23.8 Å². The van der Waals surface area contributed by atoms with Crippen molar-refractivity contribution < 1.29 is 9.53 Å². The number of carbonyl (C=O) groups excluding carboxylic acids is 1. The van der Waals surface area contributed by atoms with E-state index >= 15 is 0 Å². The second kappa shape index (κ2) is 2.74. The summed E-state index contributed by atoms with van der Waals surface area (Å²) in [6, 6.07) is 5.83. The van der Waals surface area contributed by atoms with Crippen molar-refractivity contribution in [3.63, 3.8) is 0 Å². The van der Waals surface area contributed by atoms with E-state index in [1.54, 1.807) is 0 Å². The summed E-state index contributed by atoms with van der Waals surface area (Å²) in [5.74, 6) is 0.891. The molecule has 1 saturated carbocycles. The lowest BCUT2D eigenvalue weighted by Gasteiger charge is -2.08. The van der Waals surface area contributed by atoms with E-state index < -0.39 is 0 Å². The molecular weight excluding hydrogens is 178 g/mol. The van der Waals surface area contributed by atoms with Crippen molar-refractivity contribution in [1.29, 1.82) is 0 Å². The number of ether oxygens (including phenoxy) is 1. The maximum Gasteiger partial charge on any atom is 0.228 e. The highest BCUT2D eigenvalue weighted by Gasteiger charge is 2.27. The molecule has 0 spiro atoms. The molecule has 0 bridgehead atoms. The molecule has 0 saturated heterocycles. The predicted octanol–water partition coefficient (Wildman–Crippen LogP) is 1.72. The van der Waals surface area contributed by atoms with E-state index in [-0.39, 0.29) is 5.91 Å². The van der Waals surface area contributed by atoms with Gasteiger partial charge in [0.1, 0.15) is 5.75 Å². The molecule has 2 aliphatic rings. The van der Waals surface area contributed by atoms with Crippen LogP contribution in [0.1, 0.15) is 18.4 Å². The molecule has 1 aromatic carbocycles. The van der Waals surface area contributed by atoms with Gasteiger partial charge < -0.3 is 10.1 Å². The molecular formula is C11H11NO2. The van der Waals surface area contributed by atoms with E-state index in [1.807, 2.05) is 18.2 Å². The van der Waals surface area contributed by atoms with Gasteiger partial charge in [-0.2, -0.15) is 0 Å². The third kappa shape index (κ3) is 1.25. The average Bonchev–Trinajstić information content (AvgIpc) is 2.87. The third-order valence-electron chi connectivity index (χ3n) is 2.55. The smallest absolute Gasteiger partial charge is 0.228 e. The molecule has 3 rings (SSSR count). The van der Waals surface area contributed by atoms with Gasteiger partial charge in [-0.25, -0.2) is 0 Å². The topological polar surface area (TPSA) is 38.3 Å². The number of hydrogen-bond donors (Lipinski definition) is 1. The minimum atomic E-state index is 0.0619. The molecule has 1 heterocycles. The zero-order chi connectivity index (χ0) is 9.54. The fourth-order valence-electron chi connectivity index (χ4n) is 1.69. The number of nitrogens with one attached hydrogen (secondary N) is 1. The molecule has 14 heavy (non-hydrogen) atoms. The van der Waals surface area contributed by atoms with Gasteiger partial charge in [0.15, 0.2) is 0 Å². The van der Waals surface area contributed by atoms with Crippen LogP contribution in [0, 0.1) is 0 Å². The van der Waals surface area contributed by atoms with Gasteiger partial charge in [-0.3, -0.25) is 4.79 Å². The Balaban J connectivity index is 1.96. The summed E-state index contributed by atoms with van der Waals surface area (Å²) in [6.45, 7) is 0. The zero-order valence-electron chi connectivity index (χ0n) is 7.75. The molecule has 0 aromatic heterocycles. The van der Waals surface area contributed by atoms with Crippen molar-refractivity contribution in [1.82, 2.24) is 0 Å². The van der Waals surface area contributed by atoms with Gasteiger partial charge in [-0.15, -0.1) is 0 Å². The van der Waals surface area contributed by atoms with Gasteiger partial charge >= 0.3 is 0 Å². The minimum Gasteiger partial charge on any atom is -0.488 e. The highest BCUT2D eigenvalue weighted by atomic mass is 16.5. The second-order valence-corrected chi connectivity index (χ2v) is 3.83. The summed E-state index contributed by atoms with van der Waals surface area (Å²) in [4.78, 5) is 11.2. The molecule has 0 radical (unpaired) electrons. The van der Waals surface area contributed by atoms with Crippen molar-refractivity contribution >= 4 is 11.6 Å². The predicted molar refractivity (Wildman–Crippen MR) is 52.4 cm³/mol. The molecule has 1 amide bonds. The first-order chi connectivity index (χ1) is 6.83. The Morgan fingerprint density at radius 1 is 1.36 bits per heavy atom. The maximum atomic E-state index is 11.2. The van der Waals surface area contributed by atoms with E-state index in [4.69, 9.17) is 4.74 Å². The first-order valence-corrected chi connectivity index (χ1v) is 4.91. The number of amides is 1. The summed E-state index contributed by atoms with van der Waals surface area (Å²) in [6.07, 6.45) is 3.13. The van der Waals surface area contributed by atoms with Crippen LogP contribution >= 0.6 is 0 Å². The van der Waals surface area contributed by atoms with Crippen LogP contribution in [0.4, 0.5) is 5.69 Å². The molecule has 1 N–H and O–H groups in total. The minimum absolute atomic E-state index is 0.0619. The van der Waals surface area contributed by atoms with Gasteiger partial charge in [0.05, 0.1) is 18.2 Å². The highest BCUT2D eigenvalue weighted by molar-refractivity contribution is 6.00.